The van der Waals surface area contributed by atoms with E-state index in [9.17, 15) is 22.8 Å². The maximum Gasteiger partial charge on any atom is 0.422 e. The number of hydrogen-bond donors (Lipinski definition) is 3. The van der Waals surface area contributed by atoms with Crippen LogP contribution in [-0.4, -0.2) is 75.7 Å². The lowest BCUT2D eigenvalue weighted by molar-refractivity contribution is -0.154. The Balaban J connectivity index is 1.20. The van der Waals surface area contributed by atoms with Gasteiger partial charge in [0.15, 0.2) is 6.61 Å². The van der Waals surface area contributed by atoms with E-state index in [1.54, 1.807) is 53.8 Å². The van der Waals surface area contributed by atoms with Gasteiger partial charge >= 0.3 is 12.2 Å². The van der Waals surface area contributed by atoms with Crippen molar-refractivity contribution in [3.63, 3.8) is 0 Å². The number of para-hydroxylation sites is 1. The molecule has 0 aliphatic carbocycles. The molecule has 0 atom stereocenters. The lowest BCUT2D eigenvalue weighted by Crippen LogP contribution is -2.45. The normalized spacial score (nSPS) is 15.4. The van der Waals surface area contributed by atoms with Crippen LogP contribution >= 0.6 is 22.9 Å². The SMILES string of the molecule is CC1(C)CNC(=O)c2ccc(cc2)Nc2nc(nc(OCC(F)(F)F)n2)NCc2ccc(c(Cl)c2)OCCCN(C(=O)CCc2nc3ccccc3s2)C1. The first-order valence-corrected chi connectivity index (χ1v) is 18.4. The van der Waals surface area contributed by atoms with Crippen molar-refractivity contribution in [3.8, 4) is 11.8 Å². The third-order valence-electron chi connectivity index (χ3n) is 8.25. The number of thiazole rings is 1. The first-order valence-electron chi connectivity index (χ1n) is 17.2. The van der Waals surface area contributed by atoms with Crippen LogP contribution in [0, 0.1) is 5.41 Å². The Morgan fingerprint density at radius 3 is 2.56 bits per heavy atom. The van der Waals surface area contributed by atoms with E-state index in [1.165, 1.54) is 0 Å². The summed E-state index contributed by atoms with van der Waals surface area (Å²) in [7, 11) is 0. The number of fused-ring (bicyclic) bond motifs is 1. The molecule has 17 heteroatoms. The smallest absolute Gasteiger partial charge is 0.422 e. The fraction of sp³-hybridized carbons (Fsp3) is 0.351. The molecule has 3 aromatic carbocycles. The summed E-state index contributed by atoms with van der Waals surface area (Å²) in [5, 5.41) is 10.1. The number of amides is 2. The van der Waals surface area contributed by atoms with E-state index in [4.69, 9.17) is 21.1 Å². The molecular formula is C37H38ClF3N8O4S. The number of rotatable bonds is 5. The minimum absolute atomic E-state index is 0.0181. The second-order valence-electron chi connectivity index (χ2n) is 13.4. The van der Waals surface area contributed by atoms with Gasteiger partial charge in [-0.3, -0.25) is 9.59 Å². The molecule has 3 N–H and O–H groups in total. The number of carbonyl (C=O) groups excluding carboxylic acids is 2. The molecule has 4 aliphatic heterocycles. The van der Waals surface area contributed by atoms with Crippen LogP contribution in [0.3, 0.4) is 0 Å². The standard InChI is InChI=1S/C37H38ClF3N8O4S/c1-36(2)20-43-32(51)24-9-11-25(12-10-24)44-34-46-33(47-35(48-34)53-22-37(39,40)41)42-19-23-8-13-28(26(38)18-23)52-17-5-16-49(21-36)31(50)15-14-30-45-27-6-3-4-7-29(27)54-30/h3-4,6-13,18H,5,14-17,19-22H2,1-2H3,(H,43,51)(H2,42,44,46,47,48). The zero-order valence-corrected chi connectivity index (χ0v) is 31.1. The maximum absolute atomic E-state index is 13.7. The predicted octanol–water partition coefficient (Wildman–Crippen LogP) is 7.43. The van der Waals surface area contributed by atoms with Gasteiger partial charge in [0.1, 0.15) is 5.75 Å². The topological polar surface area (TPSA) is 143 Å². The van der Waals surface area contributed by atoms with Gasteiger partial charge in [-0.1, -0.05) is 43.6 Å². The summed E-state index contributed by atoms with van der Waals surface area (Å²) in [5.41, 5.74) is 1.98. The summed E-state index contributed by atoms with van der Waals surface area (Å²) in [6, 6.07) is 19.0. The van der Waals surface area contributed by atoms with Gasteiger partial charge in [-0.2, -0.15) is 28.1 Å². The van der Waals surface area contributed by atoms with Crippen molar-refractivity contribution in [2.45, 2.75) is 45.8 Å². The molecule has 0 fully saturated rings. The highest BCUT2D eigenvalue weighted by atomic mass is 35.5. The van der Waals surface area contributed by atoms with E-state index in [1.807, 2.05) is 43.0 Å². The highest BCUT2D eigenvalue weighted by molar-refractivity contribution is 7.18. The van der Waals surface area contributed by atoms with Crippen molar-refractivity contribution in [1.82, 2.24) is 30.2 Å². The average Bonchev–Trinajstić information content (AvgIpc) is 3.56. The zero-order chi connectivity index (χ0) is 38.3. The summed E-state index contributed by atoms with van der Waals surface area (Å²) in [4.78, 5) is 45.6. The monoisotopic (exact) mass is 782 g/mol. The quantitative estimate of drug-likeness (QED) is 0.165. The lowest BCUT2D eigenvalue weighted by atomic mass is 9.92. The molecule has 0 saturated carbocycles. The number of anilines is 3. The molecule has 2 aromatic heterocycles. The van der Waals surface area contributed by atoms with Crippen LogP contribution in [0.4, 0.5) is 30.8 Å². The van der Waals surface area contributed by atoms with Gasteiger partial charge in [-0.25, -0.2) is 4.98 Å². The molecule has 0 spiro atoms. The molecular weight excluding hydrogens is 745 g/mol. The predicted molar refractivity (Wildman–Crippen MR) is 201 cm³/mol. The van der Waals surface area contributed by atoms with Gasteiger partial charge in [-0.15, -0.1) is 11.3 Å². The summed E-state index contributed by atoms with van der Waals surface area (Å²) in [6.45, 7) is 3.93. The van der Waals surface area contributed by atoms with Crippen LogP contribution in [-0.2, 0) is 17.8 Å². The maximum atomic E-state index is 13.7. The Labute approximate surface area is 318 Å². The molecule has 0 saturated heterocycles. The minimum Gasteiger partial charge on any atom is -0.492 e. The largest absolute Gasteiger partial charge is 0.492 e. The Kier molecular flexibility index (Phi) is 12.0. The average molecular weight is 783 g/mol. The number of alkyl halides is 3. The second kappa shape index (κ2) is 16.8. The minimum atomic E-state index is -4.60. The number of halogens is 4. The number of nitrogens with one attached hydrogen (secondary N) is 3. The Bertz CT molecular complexity index is 2070. The fourth-order valence-electron chi connectivity index (χ4n) is 5.61. The number of ether oxygens (including phenoxy) is 2. The molecule has 54 heavy (non-hydrogen) atoms. The molecule has 284 valence electrons. The Morgan fingerprint density at radius 1 is 1.02 bits per heavy atom. The van der Waals surface area contributed by atoms with E-state index in [-0.39, 0.29) is 49.8 Å². The first-order chi connectivity index (χ1) is 25.8. The second-order valence-corrected chi connectivity index (χ2v) is 15.0. The zero-order valence-electron chi connectivity index (χ0n) is 29.5. The number of carbonyl (C=O) groups is 2. The molecule has 5 aromatic rings. The number of hydrogen-bond acceptors (Lipinski definition) is 11. The van der Waals surface area contributed by atoms with E-state index in [0.717, 1.165) is 20.8 Å². The van der Waals surface area contributed by atoms with Crippen molar-refractivity contribution in [1.29, 1.82) is 0 Å². The number of aryl methyl sites for hydroxylation is 1. The summed E-state index contributed by atoms with van der Waals surface area (Å²) >= 11 is 8.15. The van der Waals surface area contributed by atoms with Crippen molar-refractivity contribution in [2.24, 2.45) is 5.41 Å². The van der Waals surface area contributed by atoms with E-state index < -0.39 is 24.2 Å². The van der Waals surface area contributed by atoms with E-state index in [0.29, 0.717) is 48.0 Å². The number of nitrogens with zero attached hydrogens (tertiary/aromatic N) is 5. The highest BCUT2D eigenvalue weighted by Crippen LogP contribution is 2.28. The summed E-state index contributed by atoms with van der Waals surface area (Å²) in [5.74, 6) is -0.0159. The molecule has 0 radical (unpaired) electrons. The van der Waals surface area contributed by atoms with Crippen molar-refractivity contribution >= 4 is 62.6 Å². The van der Waals surface area contributed by atoms with Gasteiger partial charge in [0.05, 0.1) is 26.9 Å². The molecule has 4 aliphatic rings. The van der Waals surface area contributed by atoms with Crippen molar-refractivity contribution < 1.29 is 32.2 Å². The summed E-state index contributed by atoms with van der Waals surface area (Å²) < 4.78 is 50.6. The number of benzene rings is 3. The Morgan fingerprint density at radius 2 is 1.80 bits per heavy atom. The summed E-state index contributed by atoms with van der Waals surface area (Å²) in [6.07, 6.45) is -3.27. The van der Waals surface area contributed by atoms with Gasteiger partial charge in [-0.05, 0) is 65.9 Å². The highest BCUT2D eigenvalue weighted by Gasteiger charge is 2.29. The molecule has 2 amide bonds. The van der Waals surface area contributed by atoms with Crippen LogP contribution in [0.2, 0.25) is 5.02 Å². The van der Waals surface area contributed by atoms with Crippen LogP contribution in [0.25, 0.3) is 10.2 Å². The van der Waals surface area contributed by atoms with Crippen molar-refractivity contribution in [3.05, 3.63) is 87.9 Å². The molecule has 6 heterocycles. The van der Waals surface area contributed by atoms with E-state index >= 15 is 0 Å². The van der Waals surface area contributed by atoms with Gasteiger partial charge in [0, 0.05) is 50.3 Å². The molecule has 0 unspecified atom stereocenters. The molecule has 12 nitrogen and oxygen atoms in total. The third kappa shape index (κ3) is 10.9. The van der Waals surface area contributed by atoms with Crippen LogP contribution in [0.5, 0.6) is 11.8 Å². The van der Waals surface area contributed by atoms with Gasteiger partial charge in [0.2, 0.25) is 17.8 Å². The van der Waals surface area contributed by atoms with Crippen LogP contribution in [0.15, 0.2) is 66.7 Å². The third-order valence-corrected chi connectivity index (χ3v) is 9.64. The number of aromatic nitrogens is 4. The molecule has 6 bridgehead atoms. The molecule has 9 rings (SSSR count). The van der Waals surface area contributed by atoms with Crippen LogP contribution in [0.1, 0.15) is 47.6 Å². The van der Waals surface area contributed by atoms with Crippen LogP contribution < -0.4 is 25.4 Å². The Hall–Kier alpha value is -5.22. The first kappa shape index (κ1) is 38.5. The fourth-order valence-corrected chi connectivity index (χ4v) is 6.84. The van der Waals surface area contributed by atoms with Crippen molar-refractivity contribution in [2.75, 3.05) is 43.5 Å². The lowest BCUT2D eigenvalue weighted by Gasteiger charge is -2.33. The van der Waals surface area contributed by atoms with E-state index in [2.05, 4.69) is 35.9 Å². The van der Waals surface area contributed by atoms with Gasteiger partial charge < -0.3 is 30.3 Å². The van der Waals surface area contributed by atoms with Gasteiger partial charge in [0.25, 0.3) is 5.91 Å².